The van der Waals surface area contributed by atoms with E-state index >= 15 is 0 Å². The van der Waals surface area contributed by atoms with Crippen LogP contribution >= 0.6 is 0 Å². The minimum atomic E-state index is 0.324. The van der Waals surface area contributed by atoms with Gasteiger partial charge in [-0.25, -0.2) is 0 Å². The van der Waals surface area contributed by atoms with Crippen LogP contribution in [0.2, 0.25) is 0 Å². The number of hydrogen-bond donors (Lipinski definition) is 0. The van der Waals surface area contributed by atoms with Gasteiger partial charge in [-0.3, -0.25) is 0 Å². The zero-order valence-corrected chi connectivity index (χ0v) is 9.63. The van der Waals surface area contributed by atoms with Gasteiger partial charge in [-0.2, -0.15) is 4.98 Å². The number of aryl methyl sites for hydroxylation is 1. The average molecular weight is 196 g/mol. The molecule has 0 aromatic carbocycles. The van der Waals surface area contributed by atoms with Gasteiger partial charge in [0.25, 0.3) is 0 Å². The summed E-state index contributed by atoms with van der Waals surface area (Å²) < 4.78 is 4.97. The molecular weight excluding hydrogens is 176 g/mol. The van der Waals surface area contributed by atoms with Crippen LogP contribution in [0.3, 0.4) is 0 Å². The van der Waals surface area contributed by atoms with Crippen LogP contribution in [0.15, 0.2) is 4.52 Å². The lowest BCUT2D eigenvalue weighted by Gasteiger charge is -2.25. The summed E-state index contributed by atoms with van der Waals surface area (Å²) in [5.74, 6) is 1.51. The van der Waals surface area contributed by atoms with Crippen LogP contribution in [0.25, 0.3) is 0 Å². The molecule has 1 rings (SSSR count). The first-order valence-corrected chi connectivity index (χ1v) is 5.39. The molecule has 0 spiro atoms. The second-order valence-corrected chi connectivity index (χ2v) is 4.32. The van der Waals surface area contributed by atoms with E-state index in [1.165, 1.54) is 12.8 Å². The number of nitrogens with zero attached hydrogens (tertiary/aromatic N) is 2. The number of aromatic nitrogens is 2. The Morgan fingerprint density at radius 1 is 1.36 bits per heavy atom. The first kappa shape index (κ1) is 11.2. The molecule has 3 nitrogen and oxygen atoms in total. The largest absolute Gasteiger partial charge is 0.340 e. The maximum Gasteiger partial charge on any atom is 0.223 e. The Morgan fingerprint density at radius 3 is 2.50 bits per heavy atom. The topological polar surface area (TPSA) is 38.9 Å². The fraction of sp³-hybridized carbons (Fsp3) is 0.818. The zero-order valence-electron chi connectivity index (χ0n) is 9.63. The van der Waals surface area contributed by atoms with E-state index in [2.05, 4.69) is 30.9 Å². The van der Waals surface area contributed by atoms with Crippen molar-refractivity contribution in [2.45, 2.75) is 53.4 Å². The summed E-state index contributed by atoms with van der Waals surface area (Å²) in [4.78, 5) is 4.25. The fourth-order valence-electron chi connectivity index (χ4n) is 1.79. The van der Waals surface area contributed by atoms with E-state index in [0.29, 0.717) is 11.3 Å². The smallest absolute Gasteiger partial charge is 0.223 e. The van der Waals surface area contributed by atoms with E-state index in [-0.39, 0.29) is 0 Å². The zero-order chi connectivity index (χ0) is 10.6. The van der Waals surface area contributed by atoms with E-state index in [9.17, 15) is 0 Å². The lowest BCUT2D eigenvalue weighted by atomic mass is 9.80. The van der Waals surface area contributed by atoms with Crippen LogP contribution in [0.1, 0.15) is 51.7 Å². The van der Waals surface area contributed by atoms with Crippen molar-refractivity contribution in [3.8, 4) is 0 Å². The summed E-state index contributed by atoms with van der Waals surface area (Å²) >= 11 is 0. The second kappa shape index (κ2) is 4.58. The van der Waals surface area contributed by atoms with E-state index in [1.54, 1.807) is 0 Å². The van der Waals surface area contributed by atoms with Crippen molar-refractivity contribution in [2.75, 3.05) is 0 Å². The quantitative estimate of drug-likeness (QED) is 0.726. The summed E-state index contributed by atoms with van der Waals surface area (Å²) in [6, 6.07) is 0. The molecule has 0 radical (unpaired) electrons. The van der Waals surface area contributed by atoms with E-state index in [1.807, 2.05) is 6.92 Å². The molecular formula is C11H20N2O. The molecule has 3 heteroatoms. The lowest BCUT2D eigenvalue weighted by Crippen LogP contribution is -2.19. The standard InChI is InChI=1S/C11H20N2O/c1-5-7-11(4,6-2)8-10-12-9(3)14-13-10/h5-8H2,1-4H3. The molecule has 0 N–H and O–H groups in total. The molecule has 1 heterocycles. The van der Waals surface area contributed by atoms with Crippen LogP contribution in [-0.2, 0) is 6.42 Å². The predicted octanol–water partition coefficient (Wildman–Crippen LogP) is 3.14. The number of rotatable bonds is 5. The molecule has 0 aliphatic rings. The molecule has 0 saturated carbocycles. The van der Waals surface area contributed by atoms with E-state index < -0.39 is 0 Å². The SMILES string of the molecule is CCCC(C)(CC)Cc1noc(C)n1. The molecule has 1 aromatic heterocycles. The monoisotopic (exact) mass is 196 g/mol. The molecule has 0 bridgehead atoms. The van der Waals surface area contributed by atoms with Crippen LogP contribution in [-0.4, -0.2) is 10.1 Å². The molecule has 0 aliphatic carbocycles. The van der Waals surface area contributed by atoms with Gasteiger partial charge in [-0.1, -0.05) is 38.8 Å². The van der Waals surface area contributed by atoms with Crippen molar-refractivity contribution in [3.63, 3.8) is 0 Å². The Balaban J connectivity index is 2.64. The third-order valence-corrected chi connectivity index (χ3v) is 2.86. The van der Waals surface area contributed by atoms with Crippen LogP contribution < -0.4 is 0 Å². The summed E-state index contributed by atoms with van der Waals surface area (Å²) in [7, 11) is 0. The van der Waals surface area contributed by atoms with Crippen LogP contribution in [0.5, 0.6) is 0 Å². The van der Waals surface area contributed by atoms with Gasteiger partial charge < -0.3 is 4.52 Å². The van der Waals surface area contributed by atoms with Gasteiger partial charge in [0.05, 0.1) is 0 Å². The molecule has 1 atom stereocenters. The van der Waals surface area contributed by atoms with Crippen molar-refractivity contribution in [2.24, 2.45) is 5.41 Å². The van der Waals surface area contributed by atoms with Gasteiger partial charge in [0.1, 0.15) is 0 Å². The second-order valence-electron chi connectivity index (χ2n) is 4.32. The van der Waals surface area contributed by atoms with Gasteiger partial charge in [0, 0.05) is 13.3 Å². The molecule has 0 saturated heterocycles. The average Bonchev–Trinajstić information content (AvgIpc) is 2.51. The lowest BCUT2D eigenvalue weighted by molar-refractivity contribution is 0.268. The number of hydrogen-bond acceptors (Lipinski definition) is 3. The normalized spacial score (nSPS) is 15.4. The highest BCUT2D eigenvalue weighted by Crippen LogP contribution is 2.30. The fourth-order valence-corrected chi connectivity index (χ4v) is 1.79. The molecule has 0 fully saturated rings. The minimum absolute atomic E-state index is 0.324. The summed E-state index contributed by atoms with van der Waals surface area (Å²) in [5, 5.41) is 3.94. The molecule has 0 amide bonds. The Bertz CT molecular complexity index is 283. The molecule has 14 heavy (non-hydrogen) atoms. The Morgan fingerprint density at radius 2 is 2.07 bits per heavy atom. The van der Waals surface area contributed by atoms with Crippen LogP contribution in [0, 0.1) is 12.3 Å². The Labute approximate surface area is 85.9 Å². The Kier molecular flexibility index (Phi) is 3.67. The summed E-state index contributed by atoms with van der Waals surface area (Å²) in [6.45, 7) is 8.57. The maximum absolute atomic E-state index is 4.97. The Hall–Kier alpha value is -0.860. The van der Waals surface area contributed by atoms with E-state index in [4.69, 9.17) is 4.52 Å². The highest BCUT2D eigenvalue weighted by atomic mass is 16.5. The summed E-state index contributed by atoms with van der Waals surface area (Å²) in [5.41, 5.74) is 0.324. The maximum atomic E-state index is 4.97. The van der Waals surface area contributed by atoms with Crippen molar-refractivity contribution >= 4 is 0 Å². The van der Waals surface area contributed by atoms with Crippen molar-refractivity contribution in [1.29, 1.82) is 0 Å². The third-order valence-electron chi connectivity index (χ3n) is 2.86. The molecule has 0 aliphatic heterocycles. The summed E-state index contributed by atoms with van der Waals surface area (Å²) in [6.07, 6.45) is 4.52. The van der Waals surface area contributed by atoms with Gasteiger partial charge in [0.15, 0.2) is 5.82 Å². The van der Waals surface area contributed by atoms with Gasteiger partial charge in [-0.05, 0) is 11.8 Å². The van der Waals surface area contributed by atoms with Crippen molar-refractivity contribution in [3.05, 3.63) is 11.7 Å². The predicted molar refractivity (Wildman–Crippen MR) is 56.0 cm³/mol. The highest BCUT2D eigenvalue weighted by Gasteiger charge is 2.23. The minimum Gasteiger partial charge on any atom is -0.340 e. The first-order chi connectivity index (χ1) is 6.59. The molecule has 1 unspecified atom stereocenters. The molecule has 80 valence electrons. The van der Waals surface area contributed by atoms with Crippen LogP contribution in [0.4, 0.5) is 0 Å². The van der Waals surface area contributed by atoms with Gasteiger partial charge in [-0.15, -0.1) is 0 Å². The van der Waals surface area contributed by atoms with Gasteiger partial charge >= 0.3 is 0 Å². The van der Waals surface area contributed by atoms with Crippen molar-refractivity contribution < 1.29 is 4.52 Å². The van der Waals surface area contributed by atoms with Crippen molar-refractivity contribution in [1.82, 2.24) is 10.1 Å². The highest BCUT2D eigenvalue weighted by molar-refractivity contribution is 4.90. The third kappa shape index (κ3) is 2.82. The van der Waals surface area contributed by atoms with E-state index in [0.717, 1.165) is 18.7 Å². The van der Waals surface area contributed by atoms with Gasteiger partial charge in [0.2, 0.25) is 5.89 Å². The molecule has 1 aromatic rings. The first-order valence-electron chi connectivity index (χ1n) is 5.39.